The van der Waals surface area contributed by atoms with Gasteiger partial charge in [-0.25, -0.2) is 8.42 Å². The predicted molar refractivity (Wildman–Crippen MR) is 52.1 cm³/mol. The molecule has 0 aromatic rings. The molecule has 13 heavy (non-hydrogen) atoms. The highest BCUT2D eigenvalue weighted by Gasteiger charge is 2.08. The van der Waals surface area contributed by atoms with Gasteiger partial charge in [-0.15, -0.1) is 6.42 Å². The third-order valence-corrected chi connectivity index (χ3v) is 2.19. The first-order valence-corrected chi connectivity index (χ1v) is 5.72. The first-order chi connectivity index (χ1) is 6.01. The lowest BCUT2D eigenvalue weighted by atomic mass is 10.0. The van der Waals surface area contributed by atoms with Crippen molar-refractivity contribution in [1.29, 1.82) is 0 Å². The molecule has 1 N–H and O–H groups in total. The minimum atomic E-state index is -3.19. The second-order valence-corrected chi connectivity index (χ2v) is 4.66. The fraction of sp³-hybridized carbons (Fsp3) is 0.333. The predicted octanol–water partition coefficient (Wildman–Crippen LogP) is 0.629. The van der Waals surface area contributed by atoms with Crippen LogP contribution in [0.4, 0.5) is 0 Å². The molecule has 3 nitrogen and oxygen atoms in total. The number of rotatable bonds is 2. The molecule has 1 aliphatic carbocycles. The van der Waals surface area contributed by atoms with Gasteiger partial charge in [-0.1, -0.05) is 12.0 Å². The van der Waals surface area contributed by atoms with E-state index in [0.717, 1.165) is 12.7 Å². The zero-order valence-electron chi connectivity index (χ0n) is 7.32. The number of allylic oxidation sites excluding steroid dienone is 3. The zero-order valence-corrected chi connectivity index (χ0v) is 8.14. The molecule has 0 spiro atoms. The highest BCUT2D eigenvalue weighted by Crippen LogP contribution is 2.14. The van der Waals surface area contributed by atoms with Crippen LogP contribution in [-0.2, 0) is 10.0 Å². The average molecular weight is 197 g/mol. The van der Waals surface area contributed by atoms with Gasteiger partial charge in [-0.2, -0.15) is 0 Å². The highest BCUT2D eigenvalue weighted by atomic mass is 32.2. The lowest BCUT2D eigenvalue weighted by Crippen LogP contribution is -2.21. The summed E-state index contributed by atoms with van der Waals surface area (Å²) in [4.78, 5) is 0. The van der Waals surface area contributed by atoms with E-state index in [4.69, 9.17) is 6.42 Å². The molecule has 0 aliphatic heterocycles. The van der Waals surface area contributed by atoms with Crippen LogP contribution in [-0.4, -0.2) is 14.7 Å². The van der Waals surface area contributed by atoms with Crippen molar-refractivity contribution in [3.05, 3.63) is 23.9 Å². The van der Waals surface area contributed by atoms with Crippen molar-refractivity contribution in [2.24, 2.45) is 5.92 Å². The Morgan fingerprint density at radius 1 is 1.69 bits per heavy atom. The molecule has 0 aromatic heterocycles. The van der Waals surface area contributed by atoms with E-state index in [-0.39, 0.29) is 5.92 Å². The molecule has 1 unspecified atom stereocenters. The van der Waals surface area contributed by atoms with Crippen LogP contribution in [0.3, 0.4) is 0 Å². The number of sulfonamides is 1. The molecule has 0 bridgehead atoms. The normalized spacial score (nSPS) is 21.8. The Morgan fingerprint density at radius 3 is 2.92 bits per heavy atom. The summed E-state index contributed by atoms with van der Waals surface area (Å²) < 4.78 is 24.1. The molecule has 1 atom stereocenters. The van der Waals surface area contributed by atoms with Crippen LogP contribution in [0.25, 0.3) is 0 Å². The largest absolute Gasteiger partial charge is 0.284 e. The Kier molecular flexibility index (Phi) is 2.79. The SMILES string of the molecule is C#CC1C=C(NS(C)(=O)=O)C=CC1. The monoisotopic (exact) mass is 197 g/mol. The van der Waals surface area contributed by atoms with Gasteiger partial charge < -0.3 is 0 Å². The fourth-order valence-electron chi connectivity index (χ4n) is 1.08. The highest BCUT2D eigenvalue weighted by molar-refractivity contribution is 7.88. The van der Waals surface area contributed by atoms with Crippen molar-refractivity contribution >= 4 is 10.0 Å². The number of hydrogen-bond donors (Lipinski definition) is 1. The average Bonchev–Trinajstić information content (AvgIpc) is 2.01. The van der Waals surface area contributed by atoms with Gasteiger partial charge in [0, 0.05) is 11.6 Å². The lowest BCUT2D eigenvalue weighted by Gasteiger charge is -2.12. The van der Waals surface area contributed by atoms with E-state index < -0.39 is 10.0 Å². The number of nitrogens with one attached hydrogen (secondary N) is 1. The molecule has 1 aliphatic rings. The molecule has 0 amide bonds. The molecular weight excluding hydrogens is 186 g/mol. The summed E-state index contributed by atoms with van der Waals surface area (Å²) in [6, 6.07) is 0. The topological polar surface area (TPSA) is 46.2 Å². The van der Waals surface area contributed by atoms with Gasteiger partial charge in [-0.05, 0) is 18.6 Å². The number of terminal acetylenes is 1. The van der Waals surface area contributed by atoms with E-state index in [9.17, 15) is 8.42 Å². The fourth-order valence-corrected chi connectivity index (χ4v) is 1.64. The van der Waals surface area contributed by atoms with Gasteiger partial charge in [-0.3, -0.25) is 4.72 Å². The molecule has 4 heteroatoms. The van der Waals surface area contributed by atoms with E-state index in [1.807, 2.05) is 6.08 Å². The minimum Gasteiger partial charge on any atom is -0.284 e. The lowest BCUT2D eigenvalue weighted by molar-refractivity contribution is 0.595. The van der Waals surface area contributed by atoms with Crippen LogP contribution in [0, 0.1) is 18.3 Å². The van der Waals surface area contributed by atoms with Crippen LogP contribution >= 0.6 is 0 Å². The van der Waals surface area contributed by atoms with Crippen LogP contribution in [0.15, 0.2) is 23.9 Å². The second-order valence-electron chi connectivity index (χ2n) is 2.91. The smallest absolute Gasteiger partial charge is 0.229 e. The molecule has 70 valence electrons. The van der Waals surface area contributed by atoms with Crippen LogP contribution in [0.5, 0.6) is 0 Å². The van der Waals surface area contributed by atoms with Crippen molar-refractivity contribution in [3.8, 4) is 12.3 Å². The molecule has 0 fully saturated rings. The quantitative estimate of drug-likeness (QED) is 0.660. The Morgan fingerprint density at radius 2 is 2.38 bits per heavy atom. The van der Waals surface area contributed by atoms with Gasteiger partial charge in [0.1, 0.15) is 0 Å². The molecule has 0 saturated carbocycles. The summed E-state index contributed by atoms with van der Waals surface area (Å²) >= 11 is 0. The summed E-state index contributed by atoms with van der Waals surface area (Å²) in [6.45, 7) is 0. The Balaban J connectivity index is 2.77. The van der Waals surface area contributed by atoms with Crippen molar-refractivity contribution in [3.63, 3.8) is 0 Å². The summed E-state index contributed by atoms with van der Waals surface area (Å²) in [5.41, 5.74) is 0.553. The minimum absolute atomic E-state index is 0.00532. The molecule has 0 radical (unpaired) electrons. The first-order valence-electron chi connectivity index (χ1n) is 3.83. The van der Waals surface area contributed by atoms with E-state index >= 15 is 0 Å². The Hall–Kier alpha value is -1.21. The van der Waals surface area contributed by atoms with Gasteiger partial charge in [0.05, 0.1) is 6.26 Å². The van der Waals surface area contributed by atoms with Crippen LogP contribution < -0.4 is 4.72 Å². The van der Waals surface area contributed by atoms with Gasteiger partial charge in [0.25, 0.3) is 0 Å². The van der Waals surface area contributed by atoms with Crippen molar-refractivity contribution in [1.82, 2.24) is 4.72 Å². The van der Waals surface area contributed by atoms with Gasteiger partial charge >= 0.3 is 0 Å². The molecule has 0 heterocycles. The maximum atomic E-state index is 10.9. The summed E-state index contributed by atoms with van der Waals surface area (Å²) in [6.07, 6.45) is 12.4. The summed E-state index contributed by atoms with van der Waals surface area (Å²) in [5, 5.41) is 0. The zero-order chi connectivity index (χ0) is 9.90. The van der Waals surface area contributed by atoms with Crippen molar-refractivity contribution in [2.75, 3.05) is 6.26 Å². The Bertz CT molecular complexity index is 384. The second kappa shape index (κ2) is 3.67. The van der Waals surface area contributed by atoms with E-state index in [2.05, 4.69) is 10.6 Å². The first kappa shape index (κ1) is 9.87. The molecular formula is C9H11NO2S. The third kappa shape index (κ3) is 3.34. The molecule has 1 rings (SSSR count). The molecule has 0 saturated heterocycles. The van der Waals surface area contributed by atoms with Gasteiger partial charge in [0.2, 0.25) is 10.0 Å². The van der Waals surface area contributed by atoms with Crippen LogP contribution in [0.1, 0.15) is 6.42 Å². The number of hydrogen-bond acceptors (Lipinski definition) is 2. The standard InChI is InChI=1S/C9H11NO2S/c1-3-8-5-4-6-9(7-8)10-13(2,11)12/h1,4,6-8,10H,5H2,2H3. The van der Waals surface area contributed by atoms with Crippen molar-refractivity contribution < 1.29 is 8.42 Å². The van der Waals surface area contributed by atoms with E-state index in [1.165, 1.54) is 0 Å². The maximum absolute atomic E-state index is 10.9. The van der Waals surface area contributed by atoms with Gasteiger partial charge in [0.15, 0.2) is 0 Å². The van der Waals surface area contributed by atoms with Crippen LogP contribution in [0.2, 0.25) is 0 Å². The molecule has 0 aromatic carbocycles. The summed E-state index contributed by atoms with van der Waals surface area (Å²) in [5.74, 6) is 2.55. The van der Waals surface area contributed by atoms with E-state index in [1.54, 1.807) is 12.2 Å². The Labute approximate surface area is 78.6 Å². The van der Waals surface area contributed by atoms with E-state index in [0.29, 0.717) is 5.70 Å². The third-order valence-electron chi connectivity index (χ3n) is 1.59. The summed E-state index contributed by atoms with van der Waals surface area (Å²) in [7, 11) is -3.19. The maximum Gasteiger partial charge on any atom is 0.229 e. The van der Waals surface area contributed by atoms with Crippen molar-refractivity contribution in [2.45, 2.75) is 6.42 Å².